The molecule has 0 spiro atoms. The molecular formula is C21H16ClN3O4S. The Morgan fingerprint density at radius 2 is 1.93 bits per heavy atom. The summed E-state index contributed by atoms with van der Waals surface area (Å²) in [6.45, 7) is -0.433. The molecule has 3 aromatic rings. The van der Waals surface area contributed by atoms with Crippen LogP contribution in [0.1, 0.15) is 10.4 Å². The van der Waals surface area contributed by atoms with Crippen molar-refractivity contribution >= 4 is 51.3 Å². The second kappa shape index (κ2) is 8.17. The maximum absolute atomic E-state index is 12.7. The van der Waals surface area contributed by atoms with E-state index in [1.807, 2.05) is 30.3 Å². The van der Waals surface area contributed by atoms with E-state index < -0.39 is 11.8 Å². The second-order valence-corrected chi connectivity index (χ2v) is 8.00. The monoisotopic (exact) mass is 441 g/mol. The van der Waals surface area contributed by atoms with Gasteiger partial charge in [0.25, 0.3) is 11.8 Å². The van der Waals surface area contributed by atoms with E-state index in [1.165, 1.54) is 16.2 Å². The first-order chi connectivity index (χ1) is 14.4. The highest BCUT2D eigenvalue weighted by molar-refractivity contribution is 7.20. The number of nitrogens with one attached hydrogen (secondary N) is 1. The number of ether oxygens (including phenoxy) is 1. The summed E-state index contributed by atoms with van der Waals surface area (Å²) >= 11 is 7.27. The third-order valence-electron chi connectivity index (χ3n) is 4.47. The zero-order valence-electron chi connectivity index (χ0n) is 15.6. The number of nitrogens with two attached hydrogens (primary N) is 1. The molecule has 1 aliphatic rings. The number of primary amides is 1. The number of nitrogens with zero attached hydrogens (tertiary/aromatic N) is 1. The van der Waals surface area contributed by atoms with E-state index in [9.17, 15) is 14.4 Å². The minimum Gasteiger partial charge on any atom is -0.482 e. The number of hydrogen-bond acceptors (Lipinski definition) is 5. The Morgan fingerprint density at radius 3 is 2.67 bits per heavy atom. The van der Waals surface area contributed by atoms with Crippen LogP contribution in [0, 0.1) is 0 Å². The predicted molar refractivity (Wildman–Crippen MR) is 116 cm³/mol. The van der Waals surface area contributed by atoms with E-state index in [-0.39, 0.29) is 24.6 Å². The molecule has 0 radical (unpaired) electrons. The number of fused-ring (bicyclic) bond motifs is 1. The first kappa shape index (κ1) is 19.9. The summed E-state index contributed by atoms with van der Waals surface area (Å²) < 4.78 is 5.38. The van der Waals surface area contributed by atoms with Crippen molar-refractivity contribution in [2.75, 3.05) is 23.4 Å². The van der Waals surface area contributed by atoms with Crippen molar-refractivity contribution in [3.05, 3.63) is 65.2 Å². The largest absolute Gasteiger partial charge is 0.482 e. The smallest absolute Gasteiger partial charge is 0.265 e. The summed E-state index contributed by atoms with van der Waals surface area (Å²) in [6.07, 6.45) is 0. The first-order valence-corrected chi connectivity index (χ1v) is 10.1. The molecule has 2 heterocycles. The van der Waals surface area contributed by atoms with Crippen LogP contribution in [-0.4, -0.2) is 30.9 Å². The van der Waals surface area contributed by atoms with Gasteiger partial charge >= 0.3 is 0 Å². The molecule has 0 bridgehead atoms. The van der Waals surface area contributed by atoms with Gasteiger partial charge < -0.3 is 15.8 Å². The van der Waals surface area contributed by atoms with Crippen molar-refractivity contribution in [1.82, 2.24) is 0 Å². The van der Waals surface area contributed by atoms with E-state index >= 15 is 0 Å². The Hall–Kier alpha value is -3.36. The summed E-state index contributed by atoms with van der Waals surface area (Å²) in [4.78, 5) is 39.0. The standard InChI is InChI=1S/C21H16ClN3O4S/c22-13-6-7-16-15(8-13)25(19(27)11-29-16)10-18(26)24-21-14(20(23)28)9-17(30-21)12-4-2-1-3-5-12/h1-9H,10-11H2,(H2,23,28)(H,24,26). The van der Waals surface area contributed by atoms with Crippen LogP contribution >= 0.6 is 22.9 Å². The molecule has 0 saturated heterocycles. The third-order valence-corrected chi connectivity index (χ3v) is 5.81. The van der Waals surface area contributed by atoms with Crippen LogP contribution in [0.5, 0.6) is 5.75 Å². The molecule has 2 aromatic carbocycles. The topological polar surface area (TPSA) is 102 Å². The van der Waals surface area contributed by atoms with Crippen molar-refractivity contribution in [2.45, 2.75) is 0 Å². The summed E-state index contributed by atoms with van der Waals surface area (Å²) in [5.74, 6) is -1.03. The fourth-order valence-corrected chi connectivity index (χ4v) is 4.32. The summed E-state index contributed by atoms with van der Waals surface area (Å²) in [5, 5.41) is 3.45. The van der Waals surface area contributed by atoms with E-state index in [1.54, 1.807) is 24.3 Å². The minimum atomic E-state index is -0.650. The van der Waals surface area contributed by atoms with E-state index in [2.05, 4.69) is 5.32 Å². The van der Waals surface area contributed by atoms with Gasteiger partial charge in [0, 0.05) is 9.90 Å². The van der Waals surface area contributed by atoms with Gasteiger partial charge in [0.2, 0.25) is 5.91 Å². The maximum atomic E-state index is 12.7. The minimum absolute atomic E-state index is 0.175. The molecule has 0 aliphatic carbocycles. The number of thiophene rings is 1. The van der Waals surface area contributed by atoms with E-state index in [0.717, 1.165) is 10.4 Å². The van der Waals surface area contributed by atoms with Gasteiger partial charge in [-0.1, -0.05) is 41.9 Å². The fourth-order valence-electron chi connectivity index (χ4n) is 3.07. The normalized spacial score (nSPS) is 12.8. The summed E-state index contributed by atoms with van der Waals surface area (Å²) in [6, 6.07) is 15.9. The molecule has 4 rings (SSSR count). The molecule has 152 valence electrons. The number of carbonyl (C=O) groups is 3. The van der Waals surface area contributed by atoms with Crippen molar-refractivity contribution in [3.8, 4) is 16.2 Å². The summed E-state index contributed by atoms with van der Waals surface area (Å²) in [7, 11) is 0. The van der Waals surface area contributed by atoms with Crippen LogP contribution in [0.2, 0.25) is 5.02 Å². The highest BCUT2D eigenvalue weighted by atomic mass is 35.5. The first-order valence-electron chi connectivity index (χ1n) is 8.94. The SMILES string of the molecule is NC(=O)c1cc(-c2ccccc2)sc1NC(=O)CN1C(=O)COc2ccc(Cl)cc21. The molecule has 7 nitrogen and oxygen atoms in total. The lowest BCUT2D eigenvalue weighted by molar-refractivity contribution is -0.123. The lowest BCUT2D eigenvalue weighted by atomic mass is 10.1. The Bertz CT molecular complexity index is 1150. The average molecular weight is 442 g/mol. The lowest BCUT2D eigenvalue weighted by Gasteiger charge is -2.28. The van der Waals surface area contributed by atoms with Crippen LogP contribution in [0.25, 0.3) is 10.4 Å². The van der Waals surface area contributed by atoms with Crippen LogP contribution < -0.4 is 20.7 Å². The molecule has 9 heteroatoms. The molecule has 1 aromatic heterocycles. The maximum Gasteiger partial charge on any atom is 0.265 e. The van der Waals surface area contributed by atoms with Gasteiger partial charge in [0.15, 0.2) is 6.61 Å². The number of benzene rings is 2. The average Bonchev–Trinajstić information content (AvgIpc) is 3.15. The second-order valence-electron chi connectivity index (χ2n) is 6.51. The number of hydrogen-bond donors (Lipinski definition) is 2. The van der Waals surface area contributed by atoms with Crippen LogP contribution in [0.3, 0.4) is 0 Å². The van der Waals surface area contributed by atoms with Gasteiger partial charge in [0.1, 0.15) is 17.3 Å². The molecule has 0 atom stereocenters. The third kappa shape index (κ3) is 4.00. The van der Waals surface area contributed by atoms with Gasteiger partial charge in [0.05, 0.1) is 11.3 Å². The van der Waals surface area contributed by atoms with Crippen molar-refractivity contribution in [1.29, 1.82) is 0 Å². The number of amides is 3. The molecule has 3 N–H and O–H groups in total. The highest BCUT2D eigenvalue weighted by Crippen LogP contribution is 2.36. The predicted octanol–water partition coefficient (Wildman–Crippen LogP) is 3.53. The van der Waals surface area contributed by atoms with Crippen molar-refractivity contribution < 1.29 is 19.1 Å². The molecular weight excluding hydrogens is 426 g/mol. The molecule has 0 fully saturated rings. The Kier molecular flexibility index (Phi) is 5.43. The molecule has 0 unspecified atom stereocenters. The van der Waals surface area contributed by atoms with Gasteiger partial charge in [-0.25, -0.2) is 0 Å². The molecule has 3 amide bonds. The number of rotatable bonds is 5. The quantitative estimate of drug-likeness (QED) is 0.632. The lowest BCUT2D eigenvalue weighted by Crippen LogP contribution is -2.43. The van der Waals surface area contributed by atoms with Crippen LogP contribution in [0.4, 0.5) is 10.7 Å². The number of carbonyl (C=O) groups excluding carboxylic acids is 3. The van der Waals surface area contributed by atoms with Crippen molar-refractivity contribution in [3.63, 3.8) is 0 Å². The van der Waals surface area contributed by atoms with Gasteiger partial charge in [-0.2, -0.15) is 0 Å². The van der Waals surface area contributed by atoms with E-state index in [0.29, 0.717) is 21.5 Å². The van der Waals surface area contributed by atoms with E-state index in [4.69, 9.17) is 22.1 Å². The van der Waals surface area contributed by atoms with Gasteiger partial charge in [-0.15, -0.1) is 11.3 Å². The molecule has 0 saturated carbocycles. The Morgan fingerprint density at radius 1 is 1.17 bits per heavy atom. The Labute approximate surface area is 181 Å². The number of anilines is 2. The zero-order chi connectivity index (χ0) is 21.3. The fraction of sp³-hybridized carbons (Fsp3) is 0.0952. The molecule has 1 aliphatic heterocycles. The number of halogens is 1. The van der Waals surface area contributed by atoms with Crippen LogP contribution in [-0.2, 0) is 9.59 Å². The van der Waals surface area contributed by atoms with Gasteiger partial charge in [-0.3, -0.25) is 19.3 Å². The van der Waals surface area contributed by atoms with Gasteiger partial charge in [-0.05, 0) is 29.8 Å². The van der Waals surface area contributed by atoms with Crippen molar-refractivity contribution in [2.24, 2.45) is 5.73 Å². The summed E-state index contributed by atoms with van der Waals surface area (Å²) in [5.41, 5.74) is 7.02. The molecule has 30 heavy (non-hydrogen) atoms. The highest BCUT2D eigenvalue weighted by Gasteiger charge is 2.28. The van der Waals surface area contributed by atoms with Crippen LogP contribution in [0.15, 0.2) is 54.6 Å². The zero-order valence-corrected chi connectivity index (χ0v) is 17.1. The Balaban J connectivity index is 1.58.